The van der Waals surface area contributed by atoms with Crippen molar-refractivity contribution in [1.82, 2.24) is 15.1 Å². The van der Waals surface area contributed by atoms with Crippen LogP contribution in [0.25, 0.3) is 11.4 Å². The van der Waals surface area contributed by atoms with Crippen molar-refractivity contribution in [3.05, 3.63) is 59.4 Å². The highest BCUT2D eigenvalue weighted by Crippen LogP contribution is 2.33. The van der Waals surface area contributed by atoms with E-state index in [1.54, 1.807) is 48.5 Å². The van der Waals surface area contributed by atoms with Crippen LogP contribution in [-0.4, -0.2) is 45.7 Å². The van der Waals surface area contributed by atoms with E-state index < -0.39 is 23.9 Å². The Bertz CT molecular complexity index is 1210. The summed E-state index contributed by atoms with van der Waals surface area (Å²) in [5, 5.41) is 13.9. The van der Waals surface area contributed by atoms with Crippen molar-refractivity contribution in [1.29, 1.82) is 0 Å². The number of hydrogen-bond donors (Lipinski definition) is 0. The molecule has 3 aromatic rings. The number of benzene rings is 2. The van der Waals surface area contributed by atoms with Crippen LogP contribution < -0.4 is 9.64 Å². The van der Waals surface area contributed by atoms with Gasteiger partial charge in [-0.15, -0.1) is 0 Å². The first-order valence-electron chi connectivity index (χ1n) is 9.92. The molecule has 0 radical (unpaired) electrons. The minimum Gasteiger partial charge on any atom is -0.494 e. The van der Waals surface area contributed by atoms with Crippen molar-refractivity contribution < 1.29 is 18.8 Å². The van der Waals surface area contributed by atoms with Gasteiger partial charge in [0.1, 0.15) is 12.3 Å². The standard InChI is InChI=1S/C21H17ClN6O4/c1-2-31-15-8-6-14(7-9-15)28-20(29)17-18(21(28)30)27(26-24-17)11-16-23-19(25-32-16)12-4-3-5-13(22)10-12/h3-10,17-18H,2,11H2,1H3/t17-,18+/m0/s1. The van der Waals surface area contributed by atoms with Crippen LogP contribution >= 0.6 is 11.6 Å². The van der Waals surface area contributed by atoms with E-state index in [-0.39, 0.29) is 12.4 Å². The lowest BCUT2D eigenvalue weighted by Gasteiger charge is -2.19. The first-order valence-corrected chi connectivity index (χ1v) is 10.3. The molecule has 32 heavy (non-hydrogen) atoms. The summed E-state index contributed by atoms with van der Waals surface area (Å²) in [6.45, 7) is 2.44. The molecule has 0 unspecified atom stereocenters. The Hall–Kier alpha value is -3.79. The number of fused-ring (bicyclic) bond motifs is 1. The second kappa shape index (κ2) is 8.04. The first-order chi connectivity index (χ1) is 15.5. The monoisotopic (exact) mass is 452 g/mol. The fraction of sp³-hybridized carbons (Fsp3) is 0.238. The maximum atomic E-state index is 13.1. The number of imide groups is 1. The zero-order valence-electron chi connectivity index (χ0n) is 16.9. The van der Waals surface area contributed by atoms with E-state index in [1.807, 2.05) is 6.92 Å². The van der Waals surface area contributed by atoms with Crippen LogP contribution in [0, 0.1) is 0 Å². The van der Waals surface area contributed by atoms with Crippen LogP contribution in [0.3, 0.4) is 0 Å². The fourth-order valence-corrected chi connectivity index (χ4v) is 3.86. The normalized spacial score (nSPS) is 19.7. The number of nitrogens with zero attached hydrogens (tertiary/aromatic N) is 6. The van der Waals surface area contributed by atoms with Crippen molar-refractivity contribution in [2.45, 2.75) is 25.6 Å². The summed E-state index contributed by atoms with van der Waals surface area (Å²) in [5.74, 6) is 0.410. The van der Waals surface area contributed by atoms with Crippen LogP contribution in [0.1, 0.15) is 12.8 Å². The van der Waals surface area contributed by atoms with E-state index in [9.17, 15) is 9.59 Å². The summed E-state index contributed by atoms with van der Waals surface area (Å²) in [5.41, 5.74) is 1.15. The number of rotatable bonds is 6. The molecule has 2 aliphatic heterocycles. The third kappa shape index (κ3) is 3.48. The summed E-state index contributed by atoms with van der Waals surface area (Å²) in [6, 6.07) is 12.0. The van der Waals surface area contributed by atoms with E-state index in [2.05, 4.69) is 20.5 Å². The molecule has 3 heterocycles. The number of carbonyl (C=O) groups is 2. The van der Waals surface area contributed by atoms with Gasteiger partial charge in [0.05, 0.1) is 12.3 Å². The van der Waals surface area contributed by atoms with Gasteiger partial charge in [-0.3, -0.25) is 14.6 Å². The van der Waals surface area contributed by atoms with E-state index in [0.29, 0.717) is 34.5 Å². The number of ether oxygens (including phenoxy) is 1. The van der Waals surface area contributed by atoms with Gasteiger partial charge in [0.2, 0.25) is 11.7 Å². The average molecular weight is 453 g/mol. The van der Waals surface area contributed by atoms with Crippen LogP contribution in [0.5, 0.6) is 5.75 Å². The molecule has 10 nitrogen and oxygen atoms in total. The second-order valence-corrected chi connectivity index (χ2v) is 7.59. The quantitative estimate of drug-likeness (QED) is 0.527. The molecule has 1 aromatic heterocycles. The fourth-order valence-electron chi connectivity index (χ4n) is 3.67. The molecule has 162 valence electrons. The van der Waals surface area contributed by atoms with Gasteiger partial charge < -0.3 is 9.26 Å². The van der Waals surface area contributed by atoms with Crippen molar-refractivity contribution in [2.24, 2.45) is 10.3 Å². The lowest BCUT2D eigenvalue weighted by Crippen LogP contribution is -2.39. The Morgan fingerprint density at radius 2 is 1.94 bits per heavy atom. The molecule has 0 saturated carbocycles. The zero-order chi connectivity index (χ0) is 22.2. The van der Waals surface area contributed by atoms with Crippen LogP contribution in [-0.2, 0) is 16.1 Å². The largest absolute Gasteiger partial charge is 0.494 e. The van der Waals surface area contributed by atoms with E-state index >= 15 is 0 Å². The molecule has 1 saturated heterocycles. The Labute approximate surface area is 187 Å². The smallest absolute Gasteiger partial charge is 0.263 e. The minimum atomic E-state index is -0.913. The Morgan fingerprint density at radius 1 is 1.12 bits per heavy atom. The molecule has 1 fully saturated rings. The molecule has 0 N–H and O–H groups in total. The van der Waals surface area contributed by atoms with Crippen LogP contribution in [0.2, 0.25) is 5.02 Å². The SMILES string of the molecule is CCOc1ccc(N2C(=O)[C@H]3N=NN(Cc4nc(-c5cccc(Cl)c5)no4)[C@H]3C2=O)cc1. The highest BCUT2D eigenvalue weighted by molar-refractivity contribution is 6.30. The van der Waals surface area contributed by atoms with E-state index in [0.717, 1.165) is 4.90 Å². The van der Waals surface area contributed by atoms with E-state index in [1.165, 1.54) is 5.01 Å². The van der Waals surface area contributed by atoms with Crippen LogP contribution in [0.15, 0.2) is 63.4 Å². The molecule has 0 aliphatic carbocycles. The summed E-state index contributed by atoms with van der Waals surface area (Å²) in [7, 11) is 0. The molecule has 11 heteroatoms. The molecule has 2 aromatic carbocycles. The van der Waals surface area contributed by atoms with Gasteiger partial charge in [-0.25, -0.2) is 4.90 Å². The predicted octanol–water partition coefficient (Wildman–Crippen LogP) is 3.28. The molecular formula is C21H17ClN6O4. The van der Waals surface area contributed by atoms with Crippen molar-refractivity contribution >= 4 is 29.1 Å². The number of amides is 2. The molecule has 2 amide bonds. The molecule has 2 aliphatic rings. The first kappa shape index (κ1) is 20.1. The Kier molecular flexibility index (Phi) is 5.06. The lowest BCUT2D eigenvalue weighted by molar-refractivity contribution is -0.123. The van der Waals surface area contributed by atoms with Gasteiger partial charge in [-0.1, -0.05) is 34.1 Å². The molecular weight excluding hydrogens is 436 g/mol. The van der Waals surface area contributed by atoms with Gasteiger partial charge in [0.15, 0.2) is 12.1 Å². The third-order valence-electron chi connectivity index (χ3n) is 5.11. The number of aromatic nitrogens is 2. The lowest BCUT2D eigenvalue weighted by atomic mass is 10.1. The van der Waals surface area contributed by atoms with Gasteiger partial charge in [0.25, 0.3) is 11.8 Å². The summed E-state index contributed by atoms with van der Waals surface area (Å²) < 4.78 is 10.7. The highest BCUT2D eigenvalue weighted by Gasteiger charge is 2.55. The zero-order valence-corrected chi connectivity index (χ0v) is 17.6. The van der Waals surface area contributed by atoms with E-state index in [4.69, 9.17) is 20.9 Å². The average Bonchev–Trinajstić information content (AvgIpc) is 3.48. The molecule has 2 atom stereocenters. The number of hydrogen-bond acceptors (Lipinski definition) is 9. The number of carbonyl (C=O) groups excluding carboxylic acids is 2. The Morgan fingerprint density at radius 3 is 2.69 bits per heavy atom. The highest BCUT2D eigenvalue weighted by atomic mass is 35.5. The summed E-state index contributed by atoms with van der Waals surface area (Å²) >= 11 is 6.02. The maximum Gasteiger partial charge on any atom is 0.263 e. The predicted molar refractivity (Wildman–Crippen MR) is 113 cm³/mol. The minimum absolute atomic E-state index is 0.0361. The van der Waals surface area contributed by atoms with Gasteiger partial charge in [-0.05, 0) is 43.3 Å². The second-order valence-electron chi connectivity index (χ2n) is 7.15. The van der Waals surface area contributed by atoms with Crippen molar-refractivity contribution in [3.8, 4) is 17.1 Å². The maximum absolute atomic E-state index is 13.1. The Balaban J connectivity index is 1.34. The van der Waals surface area contributed by atoms with Gasteiger partial charge >= 0.3 is 0 Å². The number of anilines is 1. The number of halogens is 1. The summed E-state index contributed by atoms with van der Waals surface area (Å²) in [4.78, 5) is 31.4. The topological polar surface area (TPSA) is 113 Å². The van der Waals surface area contributed by atoms with Crippen molar-refractivity contribution in [3.63, 3.8) is 0 Å². The third-order valence-corrected chi connectivity index (χ3v) is 5.35. The van der Waals surface area contributed by atoms with Crippen molar-refractivity contribution in [2.75, 3.05) is 11.5 Å². The molecule has 0 spiro atoms. The molecule has 0 bridgehead atoms. The summed E-state index contributed by atoms with van der Waals surface area (Å²) in [6.07, 6.45) is 0. The van der Waals surface area contributed by atoms with Gasteiger partial charge in [-0.2, -0.15) is 10.1 Å². The van der Waals surface area contributed by atoms with Gasteiger partial charge in [0, 0.05) is 10.6 Å². The molecule has 5 rings (SSSR count). The van der Waals surface area contributed by atoms with Crippen LogP contribution in [0.4, 0.5) is 5.69 Å².